The first-order valence-corrected chi connectivity index (χ1v) is 9.42. The van der Waals surface area contributed by atoms with Crippen LogP contribution in [-0.2, 0) is 14.3 Å². The SMILES string of the molecule is COC(=O)/C=C1\S/C(=N\NC(=O)c2ccccc2)N(NC(=O)c2ccccc2)C1=O. The Hall–Kier alpha value is -3.92. The zero-order valence-electron chi connectivity index (χ0n) is 15.7. The number of hydrogen-bond donors (Lipinski definition) is 2. The van der Waals surface area contributed by atoms with Crippen molar-refractivity contribution in [3.63, 3.8) is 0 Å². The van der Waals surface area contributed by atoms with E-state index >= 15 is 0 Å². The molecule has 152 valence electrons. The number of nitrogens with one attached hydrogen (secondary N) is 2. The summed E-state index contributed by atoms with van der Waals surface area (Å²) in [5.74, 6) is -2.50. The molecule has 2 aromatic carbocycles. The first-order chi connectivity index (χ1) is 14.5. The molecule has 1 fully saturated rings. The van der Waals surface area contributed by atoms with Crippen molar-refractivity contribution in [2.75, 3.05) is 7.11 Å². The molecular weight excluding hydrogens is 408 g/mol. The van der Waals surface area contributed by atoms with Crippen LogP contribution in [0, 0.1) is 0 Å². The summed E-state index contributed by atoms with van der Waals surface area (Å²) in [5, 5.41) is 4.76. The van der Waals surface area contributed by atoms with E-state index in [0.29, 0.717) is 11.1 Å². The van der Waals surface area contributed by atoms with Crippen molar-refractivity contribution in [3.05, 3.63) is 82.8 Å². The van der Waals surface area contributed by atoms with Crippen LogP contribution in [-0.4, -0.2) is 41.0 Å². The number of hydrazine groups is 1. The van der Waals surface area contributed by atoms with Gasteiger partial charge in [-0.1, -0.05) is 36.4 Å². The average molecular weight is 424 g/mol. The Bertz CT molecular complexity index is 1040. The van der Waals surface area contributed by atoms with E-state index in [1.807, 2.05) is 0 Å². The molecule has 3 amide bonds. The van der Waals surface area contributed by atoms with E-state index in [-0.39, 0.29) is 10.1 Å². The summed E-state index contributed by atoms with van der Waals surface area (Å²) < 4.78 is 4.54. The summed E-state index contributed by atoms with van der Waals surface area (Å²) in [5.41, 5.74) is 5.44. The third-order valence-electron chi connectivity index (χ3n) is 3.79. The molecule has 0 radical (unpaired) electrons. The quantitative estimate of drug-likeness (QED) is 0.428. The summed E-state index contributed by atoms with van der Waals surface area (Å²) in [4.78, 5) is 48.9. The number of amidine groups is 1. The van der Waals surface area contributed by atoms with Crippen LogP contribution in [0.1, 0.15) is 20.7 Å². The van der Waals surface area contributed by atoms with E-state index in [9.17, 15) is 19.2 Å². The van der Waals surface area contributed by atoms with Gasteiger partial charge in [-0.15, -0.1) is 5.10 Å². The van der Waals surface area contributed by atoms with Crippen molar-refractivity contribution < 1.29 is 23.9 Å². The molecular formula is C20H16N4O5S. The van der Waals surface area contributed by atoms with Crippen LogP contribution in [0.15, 0.2) is 76.7 Å². The minimum absolute atomic E-state index is 0.0251. The summed E-state index contributed by atoms with van der Waals surface area (Å²) in [6.07, 6.45) is 0.982. The summed E-state index contributed by atoms with van der Waals surface area (Å²) in [6.45, 7) is 0. The predicted octanol–water partition coefficient (Wildman–Crippen LogP) is 1.66. The minimum atomic E-state index is -0.741. The van der Waals surface area contributed by atoms with Gasteiger partial charge < -0.3 is 4.74 Å². The predicted molar refractivity (Wildman–Crippen MR) is 110 cm³/mol. The lowest BCUT2D eigenvalue weighted by atomic mass is 10.2. The monoisotopic (exact) mass is 424 g/mol. The third kappa shape index (κ3) is 4.92. The smallest absolute Gasteiger partial charge is 0.331 e. The second kappa shape index (κ2) is 9.52. The van der Waals surface area contributed by atoms with E-state index in [4.69, 9.17) is 0 Å². The van der Waals surface area contributed by atoms with Gasteiger partial charge in [0, 0.05) is 17.2 Å². The number of hydrazone groups is 1. The maximum Gasteiger partial charge on any atom is 0.331 e. The summed E-state index contributed by atoms with van der Waals surface area (Å²) in [6, 6.07) is 16.6. The molecule has 3 rings (SSSR count). The van der Waals surface area contributed by atoms with Gasteiger partial charge in [0.15, 0.2) is 0 Å². The molecule has 0 bridgehead atoms. The highest BCUT2D eigenvalue weighted by molar-refractivity contribution is 8.18. The normalized spacial score (nSPS) is 15.9. The first kappa shape index (κ1) is 20.8. The van der Waals surface area contributed by atoms with Crippen molar-refractivity contribution in [1.82, 2.24) is 15.9 Å². The number of hydrogen-bond acceptors (Lipinski definition) is 7. The molecule has 0 atom stereocenters. The highest BCUT2D eigenvalue weighted by Crippen LogP contribution is 2.29. The molecule has 0 unspecified atom stereocenters. The van der Waals surface area contributed by atoms with Gasteiger partial charge in [0.25, 0.3) is 17.7 Å². The zero-order valence-corrected chi connectivity index (χ0v) is 16.5. The summed E-state index contributed by atoms with van der Waals surface area (Å²) >= 11 is 0.802. The van der Waals surface area contributed by atoms with E-state index in [2.05, 4.69) is 20.7 Å². The van der Waals surface area contributed by atoms with Crippen molar-refractivity contribution in [1.29, 1.82) is 0 Å². The van der Waals surface area contributed by atoms with E-state index < -0.39 is 23.7 Å². The van der Waals surface area contributed by atoms with Crippen LogP contribution >= 0.6 is 11.8 Å². The number of nitrogens with zero attached hydrogens (tertiary/aromatic N) is 2. The number of methoxy groups -OCH3 is 1. The lowest BCUT2D eigenvalue weighted by Crippen LogP contribution is -2.46. The Labute approximate surface area is 175 Å². The molecule has 1 aliphatic heterocycles. The van der Waals surface area contributed by atoms with Crippen LogP contribution in [0.2, 0.25) is 0 Å². The van der Waals surface area contributed by atoms with Crippen LogP contribution < -0.4 is 10.9 Å². The fraction of sp³-hybridized carbons (Fsp3) is 0.0500. The molecule has 2 N–H and O–H groups in total. The van der Waals surface area contributed by atoms with Gasteiger partial charge in [0.1, 0.15) is 0 Å². The molecule has 0 saturated carbocycles. The topological polar surface area (TPSA) is 117 Å². The fourth-order valence-electron chi connectivity index (χ4n) is 2.32. The standard InChI is InChI=1S/C20H16N4O5S/c1-29-16(25)12-15-19(28)24(23-18(27)14-10-6-3-7-11-14)20(30-15)22-21-17(26)13-8-4-2-5-9-13/h2-12H,1H3,(H,21,26)(H,23,27)/b15-12-,22-20-. The second-order valence-electron chi connectivity index (χ2n) is 5.78. The third-order valence-corrected chi connectivity index (χ3v) is 4.76. The fourth-order valence-corrected chi connectivity index (χ4v) is 3.16. The molecule has 10 heteroatoms. The number of benzene rings is 2. The number of esters is 1. The summed E-state index contributed by atoms with van der Waals surface area (Å²) in [7, 11) is 1.17. The molecule has 1 saturated heterocycles. The number of carbonyl (C=O) groups excluding carboxylic acids is 4. The van der Waals surface area contributed by atoms with Gasteiger partial charge in [-0.3, -0.25) is 19.8 Å². The molecule has 0 aliphatic carbocycles. The van der Waals surface area contributed by atoms with Crippen LogP contribution in [0.5, 0.6) is 0 Å². The van der Waals surface area contributed by atoms with Crippen LogP contribution in [0.3, 0.4) is 0 Å². The highest BCUT2D eigenvalue weighted by Gasteiger charge is 2.36. The van der Waals surface area contributed by atoms with Gasteiger partial charge in [0.2, 0.25) is 5.17 Å². The number of ether oxygens (including phenoxy) is 1. The Balaban J connectivity index is 1.84. The van der Waals surface area contributed by atoms with Crippen molar-refractivity contribution in [2.45, 2.75) is 0 Å². The molecule has 2 aromatic rings. The number of rotatable bonds is 5. The Morgan fingerprint density at radius 2 is 1.53 bits per heavy atom. The van der Waals surface area contributed by atoms with Gasteiger partial charge in [-0.2, -0.15) is 5.01 Å². The van der Waals surface area contributed by atoms with E-state index in [0.717, 1.165) is 22.8 Å². The Morgan fingerprint density at radius 1 is 0.967 bits per heavy atom. The van der Waals surface area contributed by atoms with Gasteiger partial charge >= 0.3 is 5.97 Å². The molecule has 30 heavy (non-hydrogen) atoms. The molecule has 9 nitrogen and oxygen atoms in total. The van der Waals surface area contributed by atoms with Crippen molar-refractivity contribution in [2.24, 2.45) is 5.10 Å². The lowest BCUT2D eigenvalue weighted by Gasteiger charge is -2.16. The van der Waals surface area contributed by atoms with Crippen LogP contribution in [0.25, 0.3) is 0 Å². The maximum absolute atomic E-state index is 12.7. The van der Waals surface area contributed by atoms with Crippen molar-refractivity contribution in [3.8, 4) is 0 Å². The Morgan fingerprint density at radius 3 is 2.10 bits per heavy atom. The van der Waals surface area contributed by atoms with Gasteiger partial charge in [0.05, 0.1) is 12.0 Å². The van der Waals surface area contributed by atoms with E-state index in [1.54, 1.807) is 60.7 Å². The minimum Gasteiger partial charge on any atom is -0.466 e. The number of thioether (sulfide) groups is 1. The second-order valence-corrected chi connectivity index (χ2v) is 6.79. The van der Waals surface area contributed by atoms with Gasteiger partial charge in [-0.05, 0) is 36.0 Å². The lowest BCUT2D eigenvalue weighted by molar-refractivity contribution is -0.135. The number of carbonyl (C=O) groups is 4. The Kier molecular flexibility index (Phi) is 6.60. The maximum atomic E-state index is 12.7. The largest absolute Gasteiger partial charge is 0.466 e. The number of amides is 3. The first-order valence-electron chi connectivity index (χ1n) is 8.60. The molecule has 0 spiro atoms. The van der Waals surface area contributed by atoms with Crippen molar-refractivity contribution >= 4 is 40.6 Å². The zero-order chi connectivity index (χ0) is 21.5. The molecule has 0 aromatic heterocycles. The van der Waals surface area contributed by atoms with Gasteiger partial charge in [-0.25, -0.2) is 10.2 Å². The molecule has 1 aliphatic rings. The van der Waals surface area contributed by atoms with Crippen LogP contribution in [0.4, 0.5) is 0 Å². The average Bonchev–Trinajstić information content (AvgIpc) is 3.07. The highest BCUT2D eigenvalue weighted by atomic mass is 32.2. The van der Waals surface area contributed by atoms with E-state index in [1.165, 1.54) is 7.11 Å². The molecule has 1 heterocycles.